The summed E-state index contributed by atoms with van der Waals surface area (Å²) in [4.78, 5) is 2.47. The van der Waals surface area contributed by atoms with Gasteiger partial charge in [0.1, 0.15) is 0 Å². The highest BCUT2D eigenvalue weighted by Crippen LogP contribution is 2.30. The molecule has 0 N–H and O–H groups in total. The summed E-state index contributed by atoms with van der Waals surface area (Å²) in [5.41, 5.74) is 2.51. The number of hydrogen-bond acceptors (Lipinski definition) is 2. The molecule has 0 amide bonds. The van der Waals surface area contributed by atoms with E-state index in [0.29, 0.717) is 11.9 Å². The normalized spacial score (nSPS) is 21.2. The summed E-state index contributed by atoms with van der Waals surface area (Å²) in [7, 11) is 0. The van der Waals surface area contributed by atoms with Crippen molar-refractivity contribution in [2.75, 3.05) is 23.0 Å². The Hall–Kier alpha value is 0.140. The van der Waals surface area contributed by atoms with E-state index in [-0.39, 0.29) is 0 Å². The number of rotatable bonds is 2. The average molecular weight is 321 g/mol. The SMILES string of the molecule is CC1CSCCN1c1ccc(Br)cc1CCl. The molecular weight excluding hydrogens is 306 g/mol. The summed E-state index contributed by atoms with van der Waals surface area (Å²) >= 11 is 11.5. The predicted octanol–water partition coefficient (Wildman–Crippen LogP) is 4.13. The zero-order valence-electron chi connectivity index (χ0n) is 9.25. The van der Waals surface area contributed by atoms with Crippen molar-refractivity contribution >= 4 is 45.0 Å². The minimum Gasteiger partial charge on any atom is -0.367 e. The van der Waals surface area contributed by atoms with Crippen LogP contribution in [0.25, 0.3) is 0 Å². The summed E-state index contributed by atoms with van der Waals surface area (Å²) in [5, 5.41) is 0. The number of halogens is 2. The van der Waals surface area contributed by atoms with Crippen molar-refractivity contribution in [1.29, 1.82) is 0 Å². The maximum absolute atomic E-state index is 6.02. The summed E-state index contributed by atoms with van der Waals surface area (Å²) in [6, 6.07) is 6.99. The first-order valence-corrected chi connectivity index (χ1v) is 7.89. The van der Waals surface area contributed by atoms with E-state index in [0.717, 1.165) is 11.0 Å². The van der Waals surface area contributed by atoms with Crippen LogP contribution < -0.4 is 4.90 Å². The number of alkyl halides is 1. The lowest BCUT2D eigenvalue weighted by atomic mass is 10.1. The van der Waals surface area contributed by atoms with Gasteiger partial charge in [-0.25, -0.2) is 0 Å². The minimum absolute atomic E-state index is 0.575. The molecule has 0 spiro atoms. The molecular formula is C12H15BrClNS. The molecule has 0 aliphatic carbocycles. The smallest absolute Gasteiger partial charge is 0.0494 e. The molecule has 16 heavy (non-hydrogen) atoms. The second-order valence-electron chi connectivity index (χ2n) is 4.02. The second kappa shape index (κ2) is 5.65. The highest BCUT2D eigenvalue weighted by molar-refractivity contribution is 9.10. The van der Waals surface area contributed by atoms with Gasteiger partial charge in [-0.05, 0) is 30.7 Å². The molecule has 0 aromatic heterocycles. The van der Waals surface area contributed by atoms with Gasteiger partial charge in [0.15, 0.2) is 0 Å². The summed E-state index contributed by atoms with van der Waals surface area (Å²) in [6.07, 6.45) is 0. The van der Waals surface area contributed by atoms with Gasteiger partial charge in [0.05, 0.1) is 0 Å². The van der Waals surface area contributed by atoms with E-state index in [2.05, 4.69) is 46.0 Å². The Balaban J connectivity index is 2.30. The number of hydrogen-bond donors (Lipinski definition) is 0. The largest absolute Gasteiger partial charge is 0.367 e. The van der Waals surface area contributed by atoms with E-state index < -0.39 is 0 Å². The lowest BCUT2D eigenvalue weighted by molar-refractivity contribution is 0.697. The fraction of sp³-hybridized carbons (Fsp3) is 0.500. The fourth-order valence-corrected chi connectivity index (χ4v) is 3.66. The topological polar surface area (TPSA) is 3.24 Å². The zero-order chi connectivity index (χ0) is 11.5. The highest BCUT2D eigenvalue weighted by Gasteiger charge is 2.20. The summed E-state index contributed by atoms with van der Waals surface area (Å²) in [5.74, 6) is 2.99. The second-order valence-corrected chi connectivity index (χ2v) is 6.36. The van der Waals surface area contributed by atoms with Crippen LogP contribution in [-0.4, -0.2) is 24.1 Å². The first kappa shape index (κ1) is 12.6. The summed E-state index contributed by atoms with van der Waals surface area (Å²) < 4.78 is 1.10. The van der Waals surface area contributed by atoms with E-state index in [1.54, 1.807) is 0 Å². The van der Waals surface area contributed by atoms with Crippen molar-refractivity contribution in [3.8, 4) is 0 Å². The van der Waals surface area contributed by atoms with Crippen LogP contribution in [0.3, 0.4) is 0 Å². The third-order valence-electron chi connectivity index (χ3n) is 2.86. The van der Waals surface area contributed by atoms with E-state index in [1.807, 2.05) is 11.8 Å². The number of anilines is 1. The Kier molecular flexibility index (Phi) is 4.45. The van der Waals surface area contributed by atoms with Crippen molar-refractivity contribution in [3.63, 3.8) is 0 Å². The summed E-state index contributed by atoms with van der Waals surface area (Å²) in [6.45, 7) is 3.41. The van der Waals surface area contributed by atoms with Crippen molar-refractivity contribution in [2.24, 2.45) is 0 Å². The van der Waals surface area contributed by atoms with Gasteiger partial charge in [0, 0.05) is 40.1 Å². The number of nitrogens with zero attached hydrogens (tertiary/aromatic N) is 1. The molecule has 2 rings (SSSR count). The Morgan fingerprint density at radius 3 is 3.06 bits per heavy atom. The molecule has 1 aliphatic rings. The van der Waals surface area contributed by atoms with Crippen molar-refractivity contribution in [3.05, 3.63) is 28.2 Å². The Morgan fingerprint density at radius 2 is 2.38 bits per heavy atom. The van der Waals surface area contributed by atoms with Crippen LogP contribution >= 0.6 is 39.3 Å². The average Bonchev–Trinajstić information content (AvgIpc) is 2.30. The minimum atomic E-state index is 0.575. The molecule has 88 valence electrons. The van der Waals surface area contributed by atoms with Gasteiger partial charge in [0.2, 0.25) is 0 Å². The van der Waals surface area contributed by atoms with E-state index in [1.165, 1.54) is 22.8 Å². The van der Waals surface area contributed by atoms with Gasteiger partial charge < -0.3 is 4.90 Å². The molecule has 0 bridgehead atoms. The van der Waals surface area contributed by atoms with Crippen molar-refractivity contribution in [2.45, 2.75) is 18.8 Å². The van der Waals surface area contributed by atoms with Gasteiger partial charge in [-0.15, -0.1) is 11.6 Å². The van der Waals surface area contributed by atoms with Crippen LogP contribution in [0, 0.1) is 0 Å². The molecule has 4 heteroatoms. The first-order valence-electron chi connectivity index (χ1n) is 5.41. The maximum Gasteiger partial charge on any atom is 0.0494 e. The van der Waals surface area contributed by atoms with E-state index >= 15 is 0 Å². The Morgan fingerprint density at radius 1 is 1.56 bits per heavy atom. The fourth-order valence-electron chi connectivity index (χ4n) is 2.03. The molecule has 0 saturated carbocycles. The molecule has 1 fully saturated rings. The standard InChI is InChI=1S/C12H15BrClNS/c1-9-8-16-5-4-15(9)12-3-2-11(13)6-10(12)7-14/h2-3,6,9H,4-5,7-8H2,1H3. The van der Waals surface area contributed by atoms with Crippen LogP contribution in [-0.2, 0) is 5.88 Å². The van der Waals surface area contributed by atoms with E-state index in [9.17, 15) is 0 Å². The lowest BCUT2D eigenvalue weighted by Gasteiger charge is -2.36. The van der Waals surface area contributed by atoms with Crippen LogP contribution in [0.4, 0.5) is 5.69 Å². The molecule has 1 saturated heterocycles. The molecule has 1 aromatic rings. The molecule has 1 aliphatic heterocycles. The lowest BCUT2D eigenvalue weighted by Crippen LogP contribution is -2.40. The van der Waals surface area contributed by atoms with Crippen molar-refractivity contribution in [1.82, 2.24) is 0 Å². The molecule has 1 nitrogen and oxygen atoms in total. The van der Waals surface area contributed by atoms with Crippen molar-refractivity contribution < 1.29 is 0 Å². The first-order chi connectivity index (χ1) is 7.72. The zero-order valence-corrected chi connectivity index (χ0v) is 12.4. The molecule has 1 aromatic carbocycles. The van der Waals surface area contributed by atoms with Gasteiger partial charge >= 0.3 is 0 Å². The van der Waals surface area contributed by atoms with Gasteiger partial charge in [-0.1, -0.05) is 15.9 Å². The number of benzene rings is 1. The number of thioether (sulfide) groups is 1. The third-order valence-corrected chi connectivity index (χ3v) is 4.83. The molecule has 1 atom stereocenters. The van der Waals surface area contributed by atoms with Gasteiger partial charge in [-0.2, -0.15) is 11.8 Å². The van der Waals surface area contributed by atoms with Gasteiger partial charge in [0.25, 0.3) is 0 Å². The van der Waals surface area contributed by atoms with E-state index in [4.69, 9.17) is 11.6 Å². The van der Waals surface area contributed by atoms with Gasteiger partial charge in [-0.3, -0.25) is 0 Å². The Labute approximate surface area is 115 Å². The monoisotopic (exact) mass is 319 g/mol. The van der Waals surface area contributed by atoms with Crippen LogP contribution in [0.2, 0.25) is 0 Å². The van der Waals surface area contributed by atoms with Crippen LogP contribution in [0.1, 0.15) is 12.5 Å². The molecule has 0 radical (unpaired) electrons. The molecule has 1 heterocycles. The third kappa shape index (κ3) is 2.69. The maximum atomic E-state index is 6.02. The quantitative estimate of drug-likeness (QED) is 0.754. The Bertz CT molecular complexity index is 372. The van der Waals surface area contributed by atoms with Crippen LogP contribution in [0.15, 0.2) is 22.7 Å². The highest BCUT2D eigenvalue weighted by atomic mass is 79.9. The predicted molar refractivity (Wildman–Crippen MR) is 77.8 cm³/mol. The molecule has 1 unspecified atom stereocenters. The van der Waals surface area contributed by atoms with Crippen LogP contribution in [0.5, 0.6) is 0 Å².